The molecule has 4 nitrogen and oxygen atoms in total. The van der Waals surface area contributed by atoms with Crippen LogP contribution in [-0.4, -0.2) is 10.5 Å². The van der Waals surface area contributed by atoms with Gasteiger partial charge >= 0.3 is 12.1 Å². The van der Waals surface area contributed by atoms with Crippen LogP contribution in [0.25, 0.3) is 11.3 Å². The lowest BCUT2D eigenvalue weighted by Crippen LogP contribution is -2.30. The maximum absolute atomic E-state index is 13.0. The van der Waals surface area contributed by atoms with E-state index < -0.39 is 17.6 Å². The van der Waals surface area contributed by atoms with E-state index in [0.717, 1.165) is 12.1 Å². The van der Waals surface area contributed by atoms with E-state index in [1.54, 1.807) is 51.6 Å². The molecule has 2 heterocycles. The summed E-state index contributed by atoms with van der Waals surface area (Å²) in [6.45, 7) is 0. The average Bonchev–Trinajstić information content (AvgIpc) is 2.99. The second-order valence-electron chi connectivity index (χ2n) is 6.45. The van der Waals surface area contributed by atoms with Crippen molar-refractivity contribution < 1.29 is 22.4 Å². The molecule has 1 amide bonds. The van der Waals surface area contributed by atoms with Crippen LogP contribution in [0.15, 0.2) is 78.0 Å². The quantitative estimate of drug-likeness (QED) is 0.318. The van der Waals surface area contributed by atoms with Crippen LogP contribution in [0.1, 0.15) is 16.1 Å². The van der Waals surface area contributed by atoms with E-state index in [9.17, 15) is 18.0 Å². The molecule has 9 heteroatoms. The van der Waals surface area contributed by atoms with Gasteiger partial charge in [0.1, 0.15) is 5.69 Å². The molecule has 0 atom stereocenters. The van der Waals surface area contributed by atoms with Crippen LogP contribution in [0.2, 0.25) is 5.02 Å². The number of carbonyl (C=O) groups excluding carboxylic acids is 1. The van der Waals surface area contributed by atoms with E-state index in [1.165, 1.54) is 12.1 Å². The summed E-state index contributed by atoms with van der Waals surface area (Å²) in [4.78, 5) is 13.0. The number of amides is 1. The highest BCUT2D eigenvalue weighted by Gasteiger charge is 2.32. The van der Waals surface area contributed by atoms with Gasteiger partial charge in [-0.25, -0.2) is 0 Å². The number of benzene rings is 2. The number of hydrogen-bond acceptors (Lipinski definition) is 2. The Hall–Kier alpha value is -2.97. The van der Waals surface area contributed by atoms with Crippen LogP contribution in [0.5, 0.6) is 0 Å². The molecule has 0 radical (unpaired) electrons. The average molecular weight is 449 g/mol. The molecule has 2 aromatic carbocycles. The number of anilines is 1. The molecule has 0 aliphatic carbocycles. The smallest absolute Gasteiger partial charge is 0.319 e. The lowest BCUT2D eigenvalue weighted by Gasteiger charge is -2.09. The fourth-order valence-corrected chi connectivity index (χ4v) is 3.78. The van der Waals surface area contributed by atoms with Crippen LogP contribution < -0.4 is 9.72 Å². The van der Waals surface area contributed by atoms with E-state index in [0.29, 0.717) is 21.4 Å². The highest BCUT2D eigenvalue weighted by Crippen LogP contribution is 2.31. The molecule has 4 aromatic rings. The third kappa shape index (κ3) is 3.76. The number of halogens is 4. The van der Waals surface area contributed by atoms with Crippen molar-refractivity contribution in [2.75, 3.05) is 5.32 Å². The molecule has 1 N–H and O–H groups in total. The number of aromatic nitrogens is 2. The summed E-state index contributed by atoms with van der Waals surface area (Å²) < 4.78 is 42.3. The van der Waals surface area contributed by atoms with Gasteiger partial charge in [-0.15, -0.1) is 0 Å². The Morgan fingerprint density at radius 1 is 1.03 bits per heavy atom. The summed E-state index contributed by atoms with van der Waals surface area (Å²) in [5.74, 6) is -0.596. The van der Waals surface area contributed by atoms with Gasteiger partial charge in [-0.2, -0.15) is 22.1 Å². The highest BCUT2D eigenvalue weighted by atomic mass is 35.5. The van der Waals surface area contributed by atoms with Crippen molar-refractivity contribution in [2.24, 2.45) is 0 Å². The third-order valence-corrected chi connectivity index (χ3v) is 5.11. The van der Waals surface area contributed by atoms with Gasteiger partial charge < -0.3 is 5.32 Å². The Bertz CT molecular complexity index is 1270. The third-order valence-electron chi connectivity index (χ3n) is 4.46. The Labute approximate surface area is 179 Å². The minimum Gasteiger partial charge on any atom is -0.319 e. The molecule has 152 valence electrons. The molecule has 0 aliphatic heterocycles. The number of fused-ring (bicyclic) bond motifs is 1. The first-order chi connectivity index (χ1) is 14.3. The molecule has 30 heavy (non-hydrogen) atoms. The zero-order valence-corrected chi connectivity index (χ0v) is 16.8. The molecule has 2 aromatic heterocycles. The number of imidazole rings is 1. The van der Waals surface area contributed by atoms with Gasteiger partial charge in [0, 0.05) is 22.8 Å². The number of pyridine rings is 1. The van der Waals surface area contributed by atoms with Gasteiger partial charge in [-0.05, 0) is 36.4 Å². The Balaban J connectivity index is 1.80. The second kappa shape index (κ2) is 7.70. The van der Waals surface area contributed by atoms with Crippen LogP contribution in [0, 0.1) is 0 Å². The normalized spacial score (nSPS) is 11.6. The summed E-state index contributed by atoms with van der Waals surface area (Å²) in [6.07, 6.45) is -2.83. The molecular formula is C21H14ClF3N3OS+. The summed E-state index contributed by atoms with van der Waals surface area (Å²) >= 11 is 10.7. The highest BCUT2D eigenvalue weighted by molar-refractivity contribution is 7.80. The Morgan fingerprint density at radius 3 is 2.53 bits per heavy atom. The van der Waals surface area contributed by atoms with Gasteiger partial charge in [0.05, 0.1) is 11.8 Å². The molecule has 0 saturated heterocycles. The van der Waals surface area contributed by atoms with E-state index in [4.69, 9.17) is 11.6 Å². The van der Waals surface area contributed by atoms with E-state index >= 15 is 0 Å². The number of thiol groups is 1. The Kier molecular flexibility index (Phi) is 5.21. The minimum atomic E-state index is -4.51. The number of nitrogens with zero attached hydrogens (tertiary/aromatic N) is 2. The summed E-state index contributed by atoms with van der Waals surface area (Å²) in [5, 5.41) is 3.36. The van der Waals surface area contributed by atoms with E-state index in [-0.39, 0.29) is 11.4 Å². The first kappa shape index (κ1) is 20.3. The lowest BCUT2D eigenvalue weighted by atomic mass is 10.2. The van der Waals surface area contributed by atoms with Crippen LogP contribution in [0.3, 0.4) is 0 Å². The molecule has 0 aliphatic rings. The zero-order chi connectivity index (χ0) is 21.5. The molecular weight excluding hydrogens is 435 g/mol. The van der Waals surface area contributed by atoms with Crippen molar-refractivity contribution in [3.63, 3.8) is 0 Å². The Morgan fingerprint density at radius 2 is 1.80 bits per heavy atom. The van der Waals surface area contributed by atoms with Crippen molar-refractivity contribution >= 4 is 41.5 Å². The molecule has 0 fully saturated rings. The lowest BCUT2D eigenvalue weighted by molar-refractivity contribution is -0.514. The minimum absolute atomic E-state index is 0.0303. The zero-order valence-electron chi connectivity index (χ0n) is 15.2. The maximum Gasteiger partial charge on any atom is 0.416 e. The first-order valence-corrected chi connectivity index (χ1v) is 9.57. The van der Waals surface area contributed by atoms with Gasteiger partial charge in [-0.1, -0.05) is 42.4 Å². The summed E-state index contributed by atoms with van der Waals surface area (Å²) in [7, 11) is 0. The number of rotatable bonds is 3. The molecule has 0 saturated carbocycles. The van der Waals surface area contributed by atoms with Crippen LogP contribution >= 0.6 is 24.2 Å². The molecule has 0 unspecified atom stereocenters. The summed E-state index contributed by atoms with van der Waals surface area (Å²) in [5.41, 5.74) is 0.683. The largest absolute Gasteiger partial charge is 0.416 e. The molecule has 0 spiro atoms. The summed E-state index contributed by atoms with van der Waals surface area (Å²) in [6, 6.07) is 16.8. The standard InChI is InChI=1S/C21H13ClF3N3OS/c22-14-6-4-8-16(12-14)28-17-9-1-2-10-27(17)18(20(28)30)19(29)26-15-7-3-5-13(11-15)21(23,24)25/h1-12H,(H-,26,29,30)/p+1. The predicted molar refractivity (Wildman–Crippen MR) is 111 cm³/mol. The van der Waals surface area contributed by atoms with Crippen molar-refractivity contribution in [3.8, 4) is 5.69 Å². The molecule has 4 rings (SSSR count). The number of carbonyl (C=O) groups is 1. The molecule has 0 bridgehead atoms. The monoisotopic (exact) mass is 448 g/mol. The van der Waals surface area contributed by atoms with Gasteiger partial charge in [0.2, 0.25) is 5.03 Å². The van der Waals surface area contributed by atoms with Gasteiger partial charge in [0.15, 0.2) is 0 Å². The van der Waals surface area contributed by atoms with E-state index in [1.807, 2.05) is 6.07 Å². The SMILES string of the molecule is O=C(Nc1cccc(C(F)(F)F)c1)c1c(S)n(-c2cccc(Cl)c2)c2cccc[n+]12. The van der Waals surface area contributed by atoms with Crippen molar-refractivity contribution in [1.82, 2.24) is 4.57 Å². The van der Waals surface area contributed by atoms with Crippen molar-refractivity contribution in [2.45, 2.75) is 11.2 Å². The fourth-order valence-electron chi connectivity index (χ4n) is 3.17. The van der Waals surface area contributed by atoms with Crippen LogP contribution in [0.4, 0.5) is 18.9 Å². The van der Waals surface area contributed by atoms with Crippen molar-refractivity contribution in [1.29, 1.82) is 0 Å². The number of alkyl halides is 3. The first-order valence-electron chi connectivity index (χ1n) is 8.74. The van der Waals surface area contributed by atoms with Crippen LogP contribution in [-0.2, 0) is 6.18 Å². The van der Waals surface area contributed by atoms with Gasteiger partial charge in [0.25, 0.3) is 11.3 Å². The maximum atomic E-state index is 13.0. The van der Waals surface area contributed by atoms with Gasteiger partial charge in [-0.3, -0.25) is 4.79 Å². The topological polar surface area (TPSA) is 38.1 Å². The fraction of sp³-hybridized carbons (Fsp3) is 0.0476. The second-order valence-corrected chi connectivity index (χ2v) is 7.31. The van der Waals surface area contributed by atoms with Crippen molar-refractivity contribution in [3.05, 3.63) is 89.2 Å². The number of nitrogens with one attached hydrogen (secondary N) is 1. The predicted octanol–water partition coefficient (Wildman–Crippen LogP) is 5.43. The number of hydrogen-bond donors (Lipinski definition) is 2. The van der Waals surface area contributed by atoms with E-state index in [2.05, 4.69) is 17.9 Å².